The first-order valence-corrected chi connectivity index (χ1v) is 12.1. The van der Waals surface area contributed by atoms with E-state index in [1.807, 2.05) is 35.6 Å². The number of carbonyl (C=O) groups is 1. The SMILES string of the molecule is CC#C[C@@H](CC(=O)Cl)c1ccc(OCc2ccc3sc(C)c(-c4ccccc4C)c3c2)cc1. The number of hydrogen-bond donors (Lipinski definition) is 0. The molecule has 0 N–H and O–H groups in total. The molecule has 2 nitrogen and oxygen atoms in total. The van der Waals surface area contributed by atoms with E-state index in [1.165, 1.54) is 31.7 Å². The molecule has 0 fully saturated rings. The Kier molecular flexibility index (Phi) is 7.18. The van der Waals surface area contributed by atoms with Crippen LogP contribution in [0.4, 0.5) is 0 Å². The molecule has 3 aromatic carbocycles. The van der Waals surface area contributed by atoms with Crippen molar-refractivity contribution in [2.45, 2.75) is 39.7 Å². The number of rotatable bonds is 7. The van der Waals surface area contributed by atoms with Gasteiger partial charge in [-0.3, -0.25) is 4.79 Å². The summed E-state index contributed by atoms with van der Waals surface area (Å²) in [6, 6.07) is 22.8. The van der Waals surface area contributed by atoms with Crippen LogP contribution in [0.1, 0.15) is 40.8 Å². The van der Waals surface area contributed by atoms with Gasteiger partial charge in [0.1, 0.15) is 12.4 Å². The Labute approximate surface area is 204 Å². The molecule has 1 atom stereocenters. The molecule has 4 heteroatoms. The smallest absolute Gasteiger partial charge is 0.223 e. The second-order valence-electron chi connectivity index (χ2n) is 8.04. The summed E-state index contributed by atoms with van der Waals surface area (Å²) in [6.07, 6.45) is 0.200. The van der Waals surface area contributed by atoms with E-state index in [2.05, 4.69) is 68.2 Å². The minimum absolute atomic E-state index is 0.196. The highest BCUT2D eigenvalue weighted by molar-refractivity contribution is 7.19. The van der Waals surface area contributed by atoms with Crippen molar-refractivity contribution in [2.75, 3.05) is 0 Å². The lowest BCUT2D eigenvalue weighted by Gasteiger charge is -2.11. The monoisotopic (exact) mass is 472 g/mol. The number of fused-ring (bicyclic) bond motifs is 1. The van der Waals surface area contributed by atoms with Gasteiger partial charge >= 0.3 is 0 Å². The van der Waals surface area contributed by atoms with Gasteiger partial charge < -0.3 is 4.74 Å². The van der Waals surface area contributed by atoms with Gasteiger partial charge in [-0.1, -0.05) is 48.4 Å². The zero-order chi connectivity index (χ0) is 23.4. The molecule has 1 aromatic heterocycles. The lowest BCUT2D eigenvalue weighted by Crippen LogP contribution is -2.01. The summed E-state index contributed by atoms with van der Waals surface area (Å²) in [6.45, 7) is 6.60. The van der Waals surface area contributed by atoms with Crippen molar-refractivity contribution in [3.63, 3.8) is 0 Å². The second-order valence-corrected chi connectivity index (χ2v) is 9.72. The Morgan fingerprint density at radius 1 is 1.06 bits per heavy atom. The number of ether oxygens (including phenoxy) is 1. The summed E-state index contributed by atoms with van der Waals surface area (Å²) in [4.78, 5) is 12.7. The molecular weight excluding hydrogens is 448 g/mol. The molecule has 0 aliphatic rings. The third-order valence-corrected chi connectivity index (χ3v) is 6.95. The largest absolute Gasteiger partial charge is 0.489 e. The fourth-order valence-electron chi connectivity index (χ4n) is 4.09. The van der Waals surface area contributed by atoms with Crippen molar-refractivity contribution in [3.8, 4) is 28.7 Å². The van der Waals surface area contributed by atoms with Crippen LogP contribution in [0.25, 0.3) is 21.2 Å². The Bertz CT molecular complexity index is 1360. The van der Waals surface area contributed by atoms with Crippen LogP contribution in [0, 0.1) is 25.7 Å². The van der Waals surface area contributed by atoms with Gasteiger partial charge in [0, 0.05) is 26.9 Å². The average molecular weight is 473 g/mol. The molecule has 0 spiro atoms. The van der Waals surface area contributed by atoms with E-state index in [0.29, 0.717) is 6.61 Å². The molecule has 0 saturated heterocycles. The van der Waals surface area contributed by atoms with Crippen LogP contribution in [0.3, 0.4) is 0 Å². The summed E-state index contributed by atoms with van der Waals surface area (Å²) < 4.78 is 7.36. The van der Waals surface area contributed by atoms with E-state index >= 15 is 0 Å². The van der Waals surface area contributed by atoms with Crippen molar-refractivity contribution < 1.29 is 9.53 Å². The Hall–Kier alpha value is -3.06. The van der Waals surface area contributed by atoms with E-state index in [-0.39, 0.29) is 17.6 Å². The Morgan fingerprint density at radius 2 is 1.82 bits per heavy atom. The first-order chi connectivity index (χ1) is 16.0. The van der Waals surface area contributed by atoms with E-state index < -0.39 is 0 Å². The minimum atomic E-state index is -0.382. The minimum Gasteiger partial charge on any atom is -0.489 e. The highest BCUT2D eigenvalue weighted by Crippen LogP contribution is 2.40. The third-order valence-electron chi connectivity index (χ3n) is 5.71. The molecule has 0 radical (unpaired) electrons. The van der Waals surface area contributed by atoms with Gasteiger partial charge in [0.25, 0.3) is 0 Å². The molecule has 0 aliphatic carbocycles. The lowest BCUT2D eigenvalue weighted by atomic mass is 9.97. The van der Waals surface area contributed by atoms with Crippen molar-refractivity contribution in [1.82, 2.24) is 0 Å². The maximum absolute atomic E-state index is 11.3. The first kappa shape index (κ1) is 23.1. The van der Waals surface area contributed by atoms with Crippen LogP contribution in [0.2, 0.25) is 0 Å². The average Bonchev–Trinajstić information content (AvgIpc) is 3.13. The zero-order valence-electron chi connectivity index (χ0n) is 18.9. The van der Waals surface area contributed by atoms with Gasteiger partial charge in [-0.15, -0.1) is 17.3 Å². The predicted octanol–water partition coefficient (Wildman–Crippen LogP) is 8.03. The van der Waals surface area contributed by atoms with Gasteiger partial charge in [-0.25, -0.2) is 0 Å². The molecule has 0 amide bonds. The van der Waals surface area contributed by atoms with E-state index in [4.69, 9.17) is 16.3 Å². The van der Waals surface area contributed by atoms with Crippen molar-refractivity contribution >= 4 is 38.3 Å². The van der Waals surface area contributed by atoms with Crippen LogP contribution in [-0.2, 0) is 11.4 Å². The summed E-state index contributed by atoms with van der Waals surface area (Å²) >= 11 is 7.41. The Morgan fingerprint density at radius 3 is 2.52 bits per heavy atom. The van der Waals surface area contributed by atoms with Gasteiger partial charge in [0.2, 0.25) is 5.24 Å². The second kappa shape index (κ2) is 10.3. The van der Waals surface area contributed by atoms with Crippen LogP contribution >= 0.6 is 22.9 Å². The summed E-state index contributed by atoms with van der Waals surface area (Å²) in [5.74, 6) is 6.51. The molecule has 33 heavy (non-hydrogen) atoms. The number of halogens is 1. The predicted molar refractivity (Wildman–Crippen MR) is 139 cm³/mol. The summed E-state index contributed by atoms with van der Waals surface area (Å²) in [7, 11) is 0. The van der Waals surface area contributed by atoms with Gasteiger partial charge in [0.05, 0.1) is 5.92 Å². The van der Waals surface area contributed by atoms with E-state index in [1.54, 1.807) is 6.92 Å². The summed E-state index contributed by atoms with van der Waals surface area (Å²) in [5.41, 5.74) is 5.97. The molecule has 4 aromatic rings. The fraction of sp³-hybridized carbons (Fsp3) is 0.207. The fourth-order valence-corrected chi connectivity index (χ4v) is 5.31. The number of carbonyl (C=O) groups excluding carboxylic acids is 1. The lowest BCUT2D eigenvalue weighted by molar-refractivity contribution is -0.111. The van der Waals surface area contributed by atoms with E-state index in [9.17, 15) is 4.79 Å². The van der Waals surface area contributed by atoms with Crippen molar-refractivity contribution in [1.29, 1.82) is 0 Å². The number of benzene rings is 3. The zero-order valence-corrected chi connectivity index (χ0v) is 20.5. The number of hydrogen-bond acceptors (Lipinski definition) is 3. The maximum atomic E-state index is 11.3. The standard InChI is InChI=1S/C29H25ClO2S/c1-4-7-23(17-28(30)31)22-11-13-24(14-12-22)32-18-21-10-15-27-26(16-21)29(20(3)33-27)25-9-6-5-8-19(25)2/h5-6,8-16,23H,17-18H2,1-3H3/t23-/m0/s1. The molecule has 0 saturated carbocycles. The van der Waals surface area contributed by atoms with Crippen molar-refractivity contribution in [2.24, 2.45) is 0 Å². The molecule has 0 aliphatic heterocycles. The van der Waals surface area contributed by atoms with Crippen LogP contribution in [-0.4, -0.2) is 5.24 Å². The Balaban J connectivity index is 1.54. The first-order valence-electron chi connectivity index (χ1n) is 10.9. The molecule has 0 bridgehead atoms. The quantitative estimate of drug-likeness (QED) is 0.201. The molecule has 1 heterocycles. The third kappa shape index (κ3) is 5.30. The molecule has 166 valence electrons. The molecule has 0 unspecified atom stereocenters. The normalized spacial score (nSPS) is 11.6. The van der Waals surface area contributed by atoms with Gasteiger partial charge in [-0.05, 0) is 78.9 Å². The highest BCUT2D eigenvalue weighted by atomic mass is 35.5. The molecular formula is C29H25ClO2S. The highest BCUT2D eigenvalue weighted by Gasteiger charge is 2.14. The van der Waals surface area contributed by atoms with Crippen molar-refractivity contribution in [3.05, 3.63) is 88.3 Å². The molecule has 4 rings (SSSR count). The van der Waals surface area contributed by atoms with Crippen LogP contribution in [0.15, 0.2) is 66.7 Å². The topological polar surface area (TPSA) is 26.3 Å². The number of aryl methyl sites for hydroxylation is 2. The number of thiophene rings is 1. The van der Waals surface area contributed by atoms with Crippen LogP contribution in [0.5, 0.6) is 5.75 Å². The van der Waals surface area contributed by atoms with Gasteiger partial charge in [-0.2, -0.15) is 0 Å². The van der Waals surface area contributed by atoms with Crippen LogP contribution < -0.4 is 4.74 Å². The summed E-state index contributed by atoms with van der Waals surface area (Å²) in [5, 5.41) is 0.891. The maximum Gasteiger partial charge on any atom is 0.223 e. The van der Waals surface area contributed by atoms with Gasteiger partial charge in [0.15, 0.2) is 0 Å². The van der Waals surface area contributed by atoms with E-state index in [0.717, 1.165) is 16.9 Å².